The Bertz CT molecular complexity index is 500. The van der Waals surface area contributed by atoms with Crippen molar-refractivity contribution in [2.45, 2.75) is 52.6 Å². The molecule has 2 N–H and O–H groups in total. The molecule has 23 heavy (non-hydrogen) atoms. The van der Waals surface area contributed by atoms with E-state index in [4.69, 9.17) is 4.74 Å². The van der Waals surface area contributed by atoms with Gasteiger partial charge in [0, 0.05) is 12.1 Å². The van der Waals surface area contributed by atoms with E-state index in [-0.39, 0.29) is 24.4 Å². The molecule has 1 saturated heterocycles. The minimum absolute atomic E-state index is 0. The second-order valence-corrected chi connectivity index (χ2v) is 6.51. The van der Waals surface area contributed by atoms with Crippen molar-refractivity contribution in [2.75, 3.05) is 13.2 Å². The third kappa shape index (κ3) is 6.40. The molecule has 1 aromatic rings. The summed E-state index contributed by atoms with van der Waals surface area (Å²) >= 11 is 0. The first-order chi connectivity index (χ1) is 10.6. The molecule has 1 unspecified atom stereocenters. The van der Waals surface area contributed by atoms with Crippen LogP contribution in [0.25, 0.3) is 0 Å². The number of ether oxygens (including phenoxy) is 1. The van der Waals surface area contributed by atoms with Crippen LogP contribution in [0.3, 0.4) is 0 Å². The second-order valence-electron chi connectivity index (χ2n) is 6.51. The van der Waals surface area contributed by atoms with Crippen LogP contribution < -0.4 is 15.4 Å². The third-order valence-corrected chi connectivity index (χ3v) is 4.01. The number of halogens is 1. The fourth-order valence-electron chi connectivity index (χ4n) is 2.56. The number of nitrogens with one attached hydrogen (secondary N) is 2. The van der Waals surface area contributed by atoms with Gasteiger partial charge < -0.3 is 15.4 Å². The molecule has 1 atom stereocenters. The molecule has 5 heteroatoms. The van der Waals surface area contributed by atoms with Crippen molar-refractivity contribution in [1.82, 2.24) is 10.6 Å². The number of carbonyl (C=O) groups is 1. The summed E-state index contributed by atoms with van der Waals surface area (Å²) in [5.41, 5.74) is 2.22. The first kappa shape index (κ1) is 19.8. The molecule has 1 aromatic carbocycles. The Morgan fingerprint density at radius 1 is 1.43 bits per heavy atom. The summed E-state index contributed by atoms with van der Waals surface area (Å²) in [6.07, 6.45) is 3.04. The number of rotatable bonds is 7. The zero-order chi connectivity index (χ0) is 15.9. The van der Waals surface area contributed by atoms with Crippen LogP contribution in [-0.2, 0) is 11.3 Å². The van der Waals surface area contributed by atoms with Crippen molar-refractivity contribution >= 4 is 18.3 Å². The highest BCUT2D eigenvalue weighted by Gasteiger charge is 2.21. The quantitative estimate of drug-likeness (QED) is 0.801. The first-order valence-corrected chi connectivity index (χ1v) is 8.29. The van der Waals surface area contributed by atoms with Gasteiger partial charge in [-0.2, -0.15) is 0 Å². The molecule has 1 aliphatic heterocycles. The van der Waals surface area contributed by atoms with Gasteiger partial charge >= 0.3 is 0 Å². The highest BCUT2D eigenvalue weighted by Crippen LogP contribution is 2.21. The number of hydrogen-bond acceptors (Lipinski definition) is 3. The SMILES string of the molecule is Cc1ccc(CNC(=O)C2CCCN2)c(OCCC(C)C)c1.Cl. The van der Waals surface area contributed by atoms with E-state index < -0.39 is 0 Å². The summed E-state index contributed by atoms with van der Waals surface area (Å²) in [5.74, 6) is 1.60. The van der Waals surface area contributed by atoms with Gasteiger partial charge in [-0.1, -0.05) is 26.0 Å². The van der Waals surface area contributed by atoms with Crippen molar-refractivity contribution in [3.8, 4) is 5.75 Å². The smallest absolute Gasteiger partial charge is 0.237 e. The maximum atomic E-state index is 12.1. The summed E-state index contributed by atoms with van der Waals surface area (Å²) in [6.45, 7) is 8.61. The lowest BCUT2D eigenvalue weighted by atomic mass is 10.1. The average molecular weight is 341 g/mol. The normalized spacial score (nSPS) is 17.0. The number of aryl methyl sites for hydroxylation is 1. The van der Waals surface area contributed by atoms with E-state index in [1.807, 2.05) is 6.07 Å². The molecular weight excluding hydrogens is 312 g/mol. The van der Waals surface area contributed by atoms with Gasteiger partial charge in [-0.05, 0) is 50.3 Å². The lowest BCUT2D eigenvalue weighted by Gasteiger charge is -2.15. The third-order valence-electron chi connectivity index (χ3n) is 4.01. The van der Waals surface area contributed by atoms with E-state index in [1.54, 1.807) is 0 Å². The van der Waals surface area contributed by atoms with E-state index >= 15 is 0 Å². The Morgan fingerprint density at radius 2 is 2.22 bits per heavy atom. The van der Waals surface area contributed by atoms with Crippen molar-refractivity contribution in [3.63, 3.8) is 0 Å². The maximum Gasteiger partial charge on any atom is 0.237 e. The molecule has 0 spiro atoms. The average Bonchev–Trinajstić information content (AvgIpc) is 3.00. The van der Waals surface area contributed by atoms with Gasteiger partial charge in [0.2, 0.25) is 5.91 Å². The van der Waals surface area contributed by atoms with Crippen LogP contribution in [0.4, 0.5) is 0 Å². The number of hydrogen-bond donors (Lipinski definition) is 2. The number of benzene rings is 1. The molecule has 0 aromatic heterocycles. The zero-order valence-corrected chi connectivity index (χ0v) is 15.2. The summed E-state index contributed by atoms with van der Waals surface area (Å²) in [4.78, 5) is 12.1. The molecule has 1 aliphatic rings. The minimum atomic E-state index is -0.0317. The minimum Gasteiger partial charge on any atom is -0.493 e. The Labute approximate surface area is 145 Å². The molecule has 130 valence electrons. The Kier molecular flexibility index (Phi) is 8.42. The molecule has 0 radical (unpaired) electrons. The molecule has 4 nitrogen and oxygen atoms in total. The van der Waals surface area contributed by atoms with Gasteiger partial charge in [-0.25, -0.2) is 0 Å². The summed E-state index contributed by atoms with van der Waals surface area (Å²) in [6, 6.07) is 6.12. The topological polar surface area (TPSA) is 50.4 Å². The fourth-order valence-corrected chi connectivity index (χ4v) is 2.56. The van der Waals surface area contributed by atoms with Gasteiger partial charge in [-0.15, -0.1) is 12.4 Å². The summed E-state index contributed by atoms with van der Waals surface area (Å²) in [7, 11) is 0. The largest absolute Gasteiger partial charge is 0.493 e. The predicted molar refractivity (Wildman–Crippen MR) is 96.2 cm³/mol. The Morgan fingerprint density at radius 3 is 2.87 bits per heavy atom. The molecular formula is C18H29ClN2O2. The predicted octanol–water partition coefficient (Wildman–Crippen LogP) is 3.21. The van der Waals surface area contributed by atoms with Crippen LogP contribution in [0.5, 0.6) is 5.75 Å². The number of amides is 1. The first-order valence-electron chi connectivity index (χ1n) is 8.29. The van der Waals surface area contributed by atoms with Crippen molar-refractivity contribution in [3.05, 3.63) is 29.3 Å². The highest BCUT2D eigenvalue weighted by molar-refractivity contribution is 5.85. The maximum absolute atomic E-state index is 12.1. The molecule has 1 heterocycles. The van der Waals surface area contributed by atoms with Gasteiger partial charge in [0.25, 0.3) is 0 Å². The van der Waals surface area contributed by atoms with Gasteiger partial charge in [0.15, 0.2) is 0 Å². The molecule has 1 fully saturated rings. The van der Waals surface area contributed by atoms with Crippen LogP contribution >= 0.6 is 12.4 Å². The van der Waals surface area contributed by atoms with Crippen molar-refractivity contribution in [1.29, 1.82) is 0 Å². The van der Waals surface area contributed by atoms with Crippen LogP contribution in [0.1, 0.15) is 44.2 Å². The summed E-state index contributed by atoms with van der Waals surface area (Å²) < 4.78 is 5.92. The monoisotopic (exact) mass is 340 g/mol. The molecule has 1 amide bonds. The van der Waals surface area contributed by atoms with Gasteiger partial charge in [-0.3, -0.25) is 4.79 Å². The Balaban J connectivity index is 0.00000264. The van der Waals surface area contributed by atoms with Gasteiger partial charge in [0.05, 0.1) is 12.6 Å². The lowest BCUT2D eigenvalue weighted by molar-refractivity contribution is -0.122. The number of carbonyl (C=O) groups excluding carboxylic acids is 1. The standard InChI is InChI=1S/C18H28N2O2.ClH/c1-13(2)8-10-22-17-11-14(3)6-7-15(17)12-20-18(21)16-5-4-9-19-16;/h6-7,11,13,16,19H,4-5,8-10,12H2,1-3H3,(H,20,21);1H. The van der Waals surface area contributed by atoms with E-state index in [0.717, 1.165) is 37.1 Å². The molecule has 0 bridgehead atoms. The van der Waals surface area contributed by atoms with E-state index in [9.17, 15) is 4.79 Å². The second kappa shape index (κ2) is 9.78. The van der Waals surface area contributed by atoms with Crippen molar-refractivity contribution < 1.29 is 9.53 Å². The summed E-state index contributed by atoms with van der Waals surface area (Å²) in [5, 5.41) is 6.24. The lowest BCUT2D eigenvalue weighted by Crippen LogP contribution is -2.40. The van der Waals surface area contributed by atoms with E-state index in [0.29, 0.717) is 19.1 Å². The van der Waals surface area contributed by atoms with E-state index in [1.165, 1.54) is 5.56 Å². The highest BCUT2D eigenvalue weighted by atomic mass is 35.5. The molecule has 2 rings (SSSR count). The van der Waals surface area contributed by atoms with E-state index in [2.05, 4.69) is 43.5 Å². The fraction of sp³-hybridized carbons (Fsp3) is 0.611. The zero-order valence-electron chi connectivity index (χ0n) is 14.4. The van der Waals surface area contributed by atoms with Crippen LogP contribution in [0, 0.1) is 12.8 Å². The molecule has 0 aliphatic carbocycles. The van der Waals surface area contributed by atoms with Crippen LogP contribution in [0.15, 0.2) is 18.2 Å². The Hall–Kier alpha value is -1.26. The van der Waals surface area contributed by atoms with Gasteiger partial charge in [0.1, 0.15) is 5.75 Å². The molecule has 0 saturated carbocycles. The van der Waals surface area contributed by atoms with Crippen LogP contribution in [-0.4, -0.2) is 25.1 Å². The van der Waals surface area contributed by atoms with Crippen molar-refractivity contribution in [2.24, 2.45) is 5.92 Å². The van der Waals surface area contributed by atoms with Crippen LogP contribution in [0.2, 0.25) is 0 Å².